The maximum atomic E-state index is 11.2. The highest BCUT2D eigenvalue weighted by atomic mass is 16.5. The van der Waals surface area contributed by atoms with Crippen molar-refractivity contribution in [1.29, 1.82) is 0 Å². The molecule has 1 amide bonds. The fourth-order valence-corrected chi connectivity index (χ4v) is 3.06. The van der Waals surface area contributed by atoms with Crippen LogP contribution in [0.1, 0.15) is 52.5 Å². The predicted molar refractivity (Wildman–Crippen MR) is 78.2 cm³/mol. The molecule has 0 radical (unpaired) electrons. The van der Waals surface area contributed by atoms with E-state index in [1.54, 1.807) is 6.92 Å². The summed E-state index contributed by atoms with van der Waals surface area (Å²) in [5, 5.41) is 7.21. The largest absolute Gasteiger partial charge is 0.361 e. The van der Waals surface area contributed by atoms with Crippen LogP contribution in [0.25, 0.3) is 0 Å². The molecule has 0 saturated heterocycles. The van der Waals surface area contributed by atoms with Gasteiger partial charge in [0.2, 0.25) is 5.91 Å². The van der Waals surface area contributed by atoms with Crippen molar-refractivity contribution in [2.45, 2.75) is 59.9 Å². The van der Waals surface area contributed by atoms with Gasteiger partial charge in [-0.25, -0.2) is 0 Å². The van der Waals surface area contributed by atoms with Gasteiger partial charge in [-0.3, -0.25) is 4.79 Å². The minimum atomic E-state index is 0.0576. The van der Waals surface area contributed by atoms with Crippen LogP contribution in [0, 0.1) is 17.3 Å². The molecule has 1 aliphatic carbocycles. The number of carbonyl (C=O) groups excluding carboxylic acids is 1. The first kappa shape index (κ1) is 15.1. The Bertz CT molecular complexity index is 477. The zero-order valence-electron chi connectivity index (χ0n) is 13.2. The second-order valence-electron chi connectivity index (χ2n) is 7.09. The Morgan fingerprint density at radius 3 is 2.80 bits per heavy atom. The molecule has 0 spiro atoms. The van der Waals surface area contributed by atoms with Crippen molar-refractivity contribution >= 4 is 5.91 Å². The quantitative estimate of drug-likeness (QED) is 0.901. The maximum Gasteiger partial charge on any atom is 0.217 e. The van der Waals surface area contributed by atoms with Crippen LogP contribution in [0.3, 0.4) is 0 Å². The molecule has 1 fully saturated rings. The first-order chi connectivity index (χ1) is 9.29. The van der Waals surface area contributed by atoms with E-state index < -0.39 is 0 Å². The number of hydrogen-bond donors (Lipinski definition) is 1. The van der Waals surface area contributed by atoms with E-state index in [2.05, 4.69) is 44.2 Å². The zero-order chi connectivity index (χ0) is 14.9. The van der Waals surface area contributed by atoms with E-state index in [-0.39, 0.29) is 17.4 Å². The average Bonchev–Trinajstić information content (AvgIpc) is 2.74. The molecular formula is C16H26N2O2. The van der Waals surface area contributed by atoms with E-state index in [9.17, 15) is 4.79 Å². The minimum absolute atomic E-state index is 0.0576. The number of hydrogen-bond acceptors (Lipinski definition) is 3. The van der Waals surface area contributed by atoms with Crippen LogP contribution in [-0.4, -0.2) is 17.1 Å². The van der Waals surface area contributed by atoms with Gasteiger partial charge < -0.3 is 9.84 Å². The maximum absolute atomic E-state index is 11.2. The molecule has 0 bridgehead atoms. The first-order valence-corrected chi connectivity index (χ1v) is 7.50. The van der Waals surface area contributed by atoms with Crippen molar-refractivity contribution in [3.8, 4) is 0 Å². The first-order valence-electron chi connectivity index (χ1n) is 7.50. The van der Waals surface area contributed by atoms with Gasteiger partial charge in [0.1, 0.15) is 5.76 Å². The van der Waals surface area contributed by atoms with E-state index in [1.165, 1.54) is 0 Å². The summed E-state index contributed by atoms with van der Waals surface area (Å²) in [6, 6.07) is 2.37. The summed E-state index contributed by atoms with van der Waals surface area (Å²) in [5.41, 5.74) is 1.17. The predicted octanol–water partition coefficient (Wildman–Crippen LogP) is 2.97. The summed E-state index contributed by atoms with van der Waals surface area (Å²) in [6.45, 7) is 10.4. The van der Waals surface area contributed by atoms with E-state index >= 15 is 0 Å². The van der Waals surface area contributed by atoms with Crippen molar-refractivity contribution in [3.63, 3.8) is 0 Å². The lowest BCUT2D eigenvalue weighted by Gasteiger charge is -2.52. The number of nitrogens with one attached hydrogen (secondary N) is 1. The van der Waals surface area contributed by atoms with Crippen LogP contribution in [0.2, 0.25) is 0 Å². The van der Waals surface area contributed by atoms with Gasteiger partial charge in [0.05, 0.1) is 5.69 Å². The van der Waals surface area contributed by atoms with Crippen molar-refractivity contribution < 1.29 is 9.32 Å². The fraction of sp³-hybridized carbons (Fsp3) is 0.750. The van der Waals surface area contributed by atoms with Crippen LogP contribution in [-0.2, 0) is 17.6 Å². The van der Waals surface area contributed by atoms with Gasteiger partial charge in [-0.05, 0) is 30.1 Å². The zero-order valence-corrected chi connectivity index (χ0v) is 13.2. The van der Waals surface area contributed by atoms with Crippen molar-refractivity contribution in [2.75, 3.05) is 0 Å². The summed E-state index contributed by atoms with van der Waals surface area (Å²) in [5.74, 6) is 2.17. The Labute approximate surface area is 121 Å². The molecule has 4 heteroatoms. The van der Waals surface area contributed by atoms with E-state index in [1.807, 2.05) is 0 Å². The molecule has 112 valence electrons. The molecule has 1 aromatic rings. The molecule has 2 rings (SSSR count). The van der Waals surface area contributed by atoms with Gasteiger partial charge in [-0.2, -0.15) is 0 Å². The molecule has 0 aromatic carbocycles. The van der Waals surface area contributed by atoms with Crippen molar-refractivity contribution in [2.24, 2.45) is 17.3 Å². The summed E-state index contributed by atoms with van der Waals surface area (Å²) in [6.07, 6.45) is 2.90. The number of rotatable bonds is 5. The molecule has 2 atom stereocenters. The Balaban J connectivity index is 1.92. The second-order valence-corrected chi connectivity index (χ2v) is 7.09. The summed E-state index contributed by atoms with van der Waals surface area (Å²) in [7, 11) is 0. The normalized spacial score (nSPS) is 24.5. The van der Waals surface area contributed by atoms with E-state index in [4.69, 9.17) is 4.52 Å². The minimum Gasteiger partial charge on any atom is -0.361 e. The van der Waals surface area contributed by atoms with E-state index in [0.717, 1.165) is 30.7 Å². The standard InChI is InChI=1S/C16H26N2O2/c1-10(2)6-14-9-13(18-20-14)7-12-8-15(16(12,4)5)17-11(3)19/h9-10,12,15H,6-8H2,1-5H3,(H,17,19). The number of nitrogens with zero attached hydrogens (tertiary/aromatic N) is 1. The van der Waals surface area contributed by atoms with Gasteiger partial charge in [0.15, 0.2) is 0 Å². The lowest BCUT2D eigenvalue weighted by Crippen LogP contribution is -2.58. The Hall–Kier alpha value is -1.32. The summed E-state index contributed by atoms with van der Waals surface area (Å²) in [4.78, 5) is 11.2. The van der Waals surface area contributed by atoms with Crippen LogP contribution in [0.15, 0.2) is 10.6 Å². The smallest absolute Gasteiger partial charge is 0.217 e. The number of carbonyl (C=O) groups is 1. The van der Waals surface area contributed by atoms with Crippen LogP contribution >= 0.6 is 0 Å². The van der Waals surface area contributed by atoms with Gasteiger partial charge in [0, 0.05) is 25.5 Å². The molecule has 0 aliphatic heterocycles. The van der Waals surface area contributed by atoms with Crippen LogP contribution < -0.4 is 5.32 Å². The van der Waals surface area contributed by atoms with Gasteiger partial charge in [-0.1, -0.05) is 32.9 Å². The molecule has 1 aliphatic rings. The van der Waals surface area contributed by atoms with Gasteiger partial charge >= 0.3 is 0 Å². The fourth-order valence-electron chi connectivity index (χ4n) is 3.06. The molecule has 1 aromatic heterocycles. The topological polar surface area (TPSA) is 55.1 Å². The summed E-state index contributed by atoms with van der Waals surface area (Å²) >= 11 is 0. The van der Waals surface area contributed by atoms with Crippen molar-refractivity contribution in [3.05, 3.63) is 17.5 Å². The third-order valence-electron chi connectivity index (χ3n) is 4.52. The molecule has 2 unspecified atom stereocenters. The summed E-state index contributed by atoms with van der Waals surface area (Å²) < 4.78 is 5.38. The molecular weight excluding hydrogens is 252 g/mol. The monoisotopic (exact) mass is 278 g/mol. The highest BCUT2D eigenvalue weighted by molar-refractivity contribution is 5.73. The highest BCUT2D eigenvalue weighted by Gasteiger charge is 2.48. The lowest BCUT2D eigenvalue weighted by atomic mass is 9.57. The number of aromatic nitrogens is 1. The SMILES string of the molecule is CC(=O)NC1CC(Cc2cc(CC(C)C)on2)C1(C)C. The Kier molecular flexibility index (Phi) is 4.21. The lowest BCUT2D eigenvalue weighted by molar-refractivity contribution is -0.123. The Morgan fingerprint density at radius 1 is 1.55 bits per heavy atom. The average molecular weight is 278 g/mol. The third kappa shape index (κ3) is 3.22. The highest BCUT2D eigenvalue weighted by Crippen LogP contribution is 2.47. The Morgan fingerprint density at radius 2 is 2.25 bits per heavy atom. The van der Waals surface area contributed by atoms with Crippen LogP contribution in [0.5, 0.6) is 0 Å². The second kappa shape index (κ2) is 5.58. The van der Waals surface area contributed by atoms with Gasteiger partial charge in [0.25, 0.3) is 0 Å². The molecule has 1 N–H and O–H groups in total. The molecule has 20 heavy (non-hydrogen) atoms. The third-order valence-corrected chi connectivity index (χ3v) is 4.52. The van der Waals surface area contributed by atoms with E-state index in [0.29, 0.717) is 11.8 Å². The molecule has 1 saturated carbocycles. The van der Waals surface area contributed by atoms with Gasteiger partial charge in [-0.15, -0.1) is 0 Å². The van der Waals surface area contributed by atoms with Crippen molar-refractivity contribution in [1.82, 2.24) is 10.5 Å². The molecule has 1 heterocycles. The molecule has 4 nitrogen and oxygen atoms in total. The van der Waals surface area contributed by atoms with Crippen LogP contribution in [0.4, 0.5) is 0 Å². The number of amides is 1.